The lowest BCUT2D eigenvalue weighted by Gasteiger charge is -2.38. The van der Waals surface area contributed by atoms with Gasteiger partial charge in [0.25, 0.3) is 0 Å². The number of rotatable bonds is 1. The van der Waals surface area contributed by atoms with Crippen molar-refractivity contribution in [2.45, 2.75) is 38.5 Å². The molecule has 130 valence electrons. The Kier molecular flexibility index (Phi) is 3.77. The van der Waals surface area contributed by atoms with Crippen LogP contribution in [0.2, 0.25) is 0 Å². The largest absolute Gasteiger partial charge is 0.461 e. The summed E-state index contributed by atoms with van der Waals surface area (Å²) < 4.78 is 49.0. The van der Waals surface area contributed by atoms with Crippen LogP contribution in [0.5, 0.6) is 0 Å². The van der Waals surface area contributed by atoms with Gasteiger partial charge in [-0.1, -0.05) is 6.07 Å². The first-order valence-corrected chi connectivity index (χ1v) is 7.61. The second-order valence-corrected chi connectivity index (χ2v) is 6.98. The third-order valence-corrected chi connectivity index (χ3v) is 3.80. The number of halogens is 3. The number of hydrogen-bond donors (Lipinski definition) is 0. The maximum atomic E-state index is 12.7. The molecule has 24 heavy (non-hydrogen) atoms. The molecule has 0 saturated carbocycles. The van der Waals surface area contributed by atoms with Crippen LogP contribution in [-0.2, 0) is 10.9 Å². The van der Waals surface area contributed by atoms with E-state index in [0.717, 1.165) is 12.1 Å². The molecule has 0 N–H and O–H groups in total. The number of alkyl halides is 3. The van der Waals surface area contributed by atoms with Gasteiger partial charge in [0.1, 0.15) is 16.9 Å². The highest BCUT2D eigenvalue weighted by Crippen LogP contribution is 2.35. The number of furan rings is 1. The summed E-state index contributed by atoms with van der Waals surface area (Å²) in [4.78, 5) is 13.4. The van der Waals surface area contributed by atoms with Crippen LogP contribution in [-0.4, -0.2) is 29.7 Å². The molecule has 1 aliphatic heterocycles. The van der Waals surface area contributed by atoms with Crippen LogP contribution in [0.15, 0.2) is 28.7 Å². The molecule has 1 aromatic carbocycles. The molecular formula is C17H18F3NO3. The molecule has 0 bridgehead atoms. The average molecular weight is 341 g/mol. The van der Waals surface area contributed by atoms with Crippen molar-refractivity contribution in [3.8, 4) is 0 Å². The molecule has 3 rings (SSSR count). The van der Waals surface area contributed by atoms with E-state index in [4.69, 9.17) is 9.15 Å². The fraction of sp³-hybridized carbons (Fsp3) is 0.471. The van der Waals surface area contributed by atoms with Crippen molar-refractivity contribution in [3.63, 3.8) is 0 Å². The van der Waals surface area contributed by atoms with Gasteiger partial charge in [-0.15, -0.1) is 0 Å². The zero-order valence-electron chi connectivity index (χ0n) is 13.6. The Morgan fingerprint density at radius 3 is 2.46 bits per heavy atom. The molecule has 1 amide bonds. The lowest BCUT2D eigenvalue weighted by Crippen LogP contribution is -2.50. The van der Waals surface area contributed by atoms with Gasteiger partial charge < -0.3 is 14.1 Å². The lowest BCUT2D eigenvalue weighted by atomic mass is 9.97. The Hall–Kier alpha value is -2.18. The van der Waals surface area contributed by atoms with E-state index in [-0.39, 0.29) is 11.5 Å². The zero-order chi connectivity index (χ0) is 17.7. The van der Waals surface area contributed by atoms with Crippen molar-refractivity contribution in [1.29, 1.82) is 0 Å². The third-order valence-electron chi connectivity index (χ3n) is 3.80. The Morgan fingerprint density at radius 2 is 1.88 bits per heavy atom. The third kappa shape index (κ3) is 3.34. The molecule has 1 aliphatic rings. The van der Waals surface area contributed by atoms with Gasteiger partial charge in [0.2, 0.25) is 0 Å². The molecule has 2 heterocycles. The minimum absolute atomic E-state index is 0.0285. The van der Waals surface area contributed by atoms with Crippen molar-refractivity contribution < 1.29 is 27.1 Å². The molecule has 0 radical (unpaired) electrons. The van der Waals surface area contributed by atoms with Gasteiger partial charge in [0, 0.05) is 18.5 Å². The van der Waals surface area contributed by atoms with Crippen molar-refractivity contribution in [2.75, 3.05) is 13.1 Å². The van der Waals surface area contributed by atoms with Gasteiger partial charge in [-0.3, -0.25) is 0 Å². The van der Waals surface area contributed by atoms with Gasteiger partial charge in [-0.25, -0.2) is 4.79 Å². The fourth-order valence-electron chi connectivity index (χ4n) is 2.56. The summed E-state index contributed by atoms with van der Waals surface area (Å²) in [5, 5.41) is 0.619. The van der Waals surface area contributed by atoms with Gasteiger partial charge >= 0.3 is 12.3 Å². The van der Waals surface area contributed by atoms with Gasteiger partial charge in [0.05, 0.1) is 11.5 Å². The highest BCUT2D eigenvalue weighted by molar-refractivity contribution is 5.79. The first kappa shape index (κ1) is 16.7. The van der Waals surface area contributed by atoms with E-state index in [0.29, 0.717) is 24.2 Å². The summed E-state index contributed by atoms with van der Waals surface area (Å²) in [7, 11) is 0. The van der Waals surface area contributed by atoms with E-state index in [9.17, 15) is 18.0 Å². The first-order chi connectivity index (χ1) is 11.0. The fourth-order valence-corrected chi connectivity index (χ4v) is 2.56. The number of benzene rings is 1. The number of fused-ring (bicyclic) bond motifs is 1. The highest BCUT2D eigenvalue weighted by atomic mass is 19.4. The van der Waals surface area contributed by atoms with Crippen molar-refractivity contribution in [1.82, 2.24) is 4.90 Å². The van der Waals surface area contributed by atoms with Crippen LogP contribution in [0, 0.1) is 0 Å². The summed E-state index contributed by atoms with van der Waals surface area (Å²) in [5.41, 5.74) is -1.09. The minimum Gasteiger partial charge on any atom is -0.461 e. The molecule has 0 unspecified atom stereocenters. The van der Waals surface area contributed by atoms with Gasteiger partial charge in [-0.2, -0.15) is 13.2 Å². The second-order valence-electron chi connectivity index (χ2n) is 6.98. The maximum Gasteiger partial charge on any atom is 0.416 e. The average Bonchev–Trinajstić information content (AvgIpc) is 2.75. The molecule has 1 aromatic heterocycles. The van der Waals surface area contributed by atoms with Crippen LogP contribution in [0.25, 0.3) is 11.0 Å². The maximum absolute atomic E-state index is 12.7. The molecular weight excluding hydrogens is 323 g/mol. The van der Waals surface area contributed by atoms with Crippen molar-refractivity contribution in [3.05, 3.63) is 35.6 Å². The number of ether oxygens (including phenoxy) is 1. The Morgan fingerprint density at radius 1 is 1.21 bits per heavy atom. The lowest BCUT2D eigenvalue weighted by molar-refractivity contribution is -0.137. The summed E-state index contributed by atoms with van der Waals surface area (Å²) in [5.74, 6) is 0.559. The summed E-state index contributed by atoms with van der Waals surface area (Å²) in [6.07, 6.45) is -4.79. The summed E-state index contributed by atoms with van der Waals surface area (Å²) >= 11 is 0. The normalized spacial score (nSPS) is 16.3. The van der Waals surface area contributed by atoms with E-state index in [1.165, 1.54) is 6.07 Å². The smallest absolute Gasteiger partial charge is 0.416 e. The number of carbonyl (C=O) groups is 1. The Labute approximate surface area is 137 Å². The number of nitrogens with zero attached hydrogens (tertiary/aromatic N) is 1. The van der Waals surface area contributed by atoms with Crippen LogP contribution < -0.4 is 0 Å². The van der Waals surface area contributed by atoms with E-state index in [2.05, 4.69) is 0 Å². The summed E-state index contributed by atoms with van der Waals surface area (Å²) in [6, 6.07) is 5.17. The standard InChI is InChI=1S/C17H18F3NO3/c1-16(2,3)24-15(22)21-8-11(9-21)13-6-10-4-5-12(17(18,19)20)7-14(10)23-13/h4-7,11H,8-9H2,1-3H3. The summed E-state index contributed by atoms with van der Waals surface area (Å²) in [6.45, 7) is 6.24. The van der Waals surface area contributed by atoms with Crippen LogP contribution >= 0.6 is 0 Å². The van der Waals surface area contributed by atoms with Gasteiger partial charge in [-0.05, 0) is 39.0 Å². The molecule has 1 saturated heterocycles. The number of amides is 1. The number of likely N-dealkylation sites (tertiary alicyclic amines) is 1. The number of hydrogen-bond acceptors (Lipinski definition) is 3. The molecule has 7 heteroatoms. The predicted octanol–water partition coefficient (Wildman–Crippen LogP) is 4.79. The molecule has 2 aromatic rings. The van der Waals surface area contributed by atoms with Crippen LogP contribution in [0.3, 0.4) is 0 Å². The minimum atomic E-state index is -4.40. The molecule has 0 atom stereocenters. The van der Waals surface area contributed by atoms with Gasteiger partial charge in [0.15, 0.2) is 0 Å². The van der Waals surface area contributed by atoms with E-state index in [1.807, 2.05) is 0 Å². The molecule has 0 spiro atoms. The monoisotopic (exact) mass is 341 g/mol. The van der Waals surface area contributed by atoms with E-state index < -0.39 is 23.4 Å². The quantitative estimate of drug-likeness (QED) is 0.749. The van der Waals surface area contributed by atoms with Crippen LogP contribution in [0.4, 0.5) is 18.0 Å². The zero-order valence-corrected chi connectivity index (χ0v) is 13.6. The first-order valence-electron chi connectivity index (χ1n) is 7.61. The van der Waals surface area contributed by atoms with E-state index >= 15 is 0 Å². The number of carbonyl (C=O) groups excluding carboxylic acids is 1. The van der Waals surface area contributed by atoms with Crippen LogP contribution in [0.1, 0.15) is 38.0 Å². The SMILES string of the molecule is CC(C)(C)OC(=O)N1CC(c2cc3ccc(C(F)(F)F)cc3o2)C1. The van der Waals surface area contributed by atoms with E-state index in [1.54, 1.807) is 31.7 Å². The molecule has 1 fully saturated rings. The highest BCUT2D eigenvalue weighted by Gasteiger charge is 2.37. The predicted molar refractivity (Wildman–Crippen MR) is 81.8 cm³/mol. The van der Waals surface area contributed by atoms with Crippen molar-refractivity contribution in [2.24, 2.45) is 0 Å². The molecule has 4 nitrogen and oxygen atoms in total. The Bertz CT molecular complexity index is 767. The van der Waals surface area contributed by atoms with Crippen molar-refractivity contribution >= 4 is 17.1 Å². The Balaban J connectivity index is 1.70. The second kappa shape index (κ2) is 5.43. The topological polar surface area (TPSA) is 42.7 Å². The molecule has 0 aliphatic carbocycles.